The molecule has 1 fully saturated rings. The van der Waals surface area contributed by atoms with Crippen molar-refractivity contribution in [2.45, 2.75) is 51.7 Å². The zero-order valence-electron chi connectivity index (χ0n) is 18.3. The quantitative estimate of drug-likeness (QED) is 0.630. The normalized spacial score (nSPS) is 19.2. The van der Waals surface area contributed by atoms with E-state index >= 15 is 0 Å². The standard InChI is InChI=1S/C22H29ClN2O2.C2H6/c1-22(2)21(16-5-4-6-17(23)13-16)11-12-25(22)14-19(26)15-27-20-9-7-18(24-3)8-10-20;1-2/h4-10,13,19,21,24,26H,11-12,14-15H2,1-3H3;1-2H3. The van der Waals surface area contributed by atoms with Crippen LogP contribution in [0.1, 0.15) is 45.6 Å². The van der Waals surface area contributed by atoms with Crippen LogP contribution in [0.25, 0.3) is 0 Å². The molecule has 0 saturated carbocycles. The van der Waals surface area contributed by atoms with Gasteiger partial charge in [0.2, 0.25) is 0 Å². The summed E-state index contributed by atoms with van der Waals surface area (Å²) in [6.07, 6.45) is 0.526. The number of aliphatic hydroxyl groups is 1. The number of halogens is 1. The van der Waals surface area contributed by atoms with E-state index in [4.69, 9.17) is 16.3 Å². The fraction of sp³-hybridized carbons (Fsp3) is 0.500. The van der Waals surface area contributed by atoms with Crippen molar-refractivity contribution in [3.8, 4) is 5.75 Å². The molecule has 1 aliphatic rings. The predicted octanol–water partition coefficient (Wildman–Crippen LogP) is 5.42. The Bertz CT molecular complexity index is 749. The average molecular weight is 419 g/mol. The number of likely N-dealkylation sites (tertiary alicyclic amines) is 1. The molecule has 160 valence electrons. The van der Waals surface area contributed by atoms with Crippen molar-refractivity contribution in [1.29, 1.82) is 0 Å². The molecule has 0 aliphatic carbocycles. The maximum atomic E-state index is 10.5. The maximum absolute atomic E-state index is 10.5. The van der Waals surface area contributed by atoms with Crippen LogP contribution in [0.5, 0.6) is 5.75 Å². The van der Waals surface area contributed by atoms with Crippen molar-refractivity contribution in [2.24, 2.45) is 0 Å². The van der Waals surface area contributed by atoms with Crippen LogP contribution < -0.4 is 10.1 Å². The van der Waals surface area contributed by atoms with Gasteiger partial charge in [0, 0.05) is 35.8 Å². The van der Waals surface area contributed by atoms with Gasteiger partial charge in [0.05, 0.1) is 0 Å². The van der Waals surface area contributed by atoms with E-state index in [1.807, 2.05) is 57.3 Å². The molecule has 5 heteroatoms. The van der Waals surface area contributed by atoms with Gasteiger partial charge in [-0.2, -0.15) is 0 Å². The molecule has 2 unspecified atom stereocenters. The van der Waals surface area contributed by atoms with E-state index in [1.54, 1.807) is 0 Å². The highest BCUT2D eigenvalue weighted by molar-refractivity contribution is 6.30. The fourth-order valence-electron chi connectivity index (χ4n) is 3.99. The first-order valence-electron chi connectivity index (χ1n) is 10.5. The van der Waals surface area contributed by atoms with Gasteiger partial charge in [-0.3, -0.25) is 4.90 Å². The Morgan fingerprint density at radius 2 is 1.90 bits per heavy atom. The number of hydrogen-bond acceptors (Lipinski definition) is 4. The Hall–Kier alpha value is -1.75. The number of nitrogens with one attached hydrogen (secondary N) is 1. The zero-order valence-corrected chi connectivity index (χ0v) is 19.0. The van der Waals surface area contributed by atoms with E-state index < -0.39 is 6.10 Å². The second kappa shape index (κ2) is 10.9. The lowest BCUT2D eigenvalue weighted by Gasteiger charge is -2.37. The van der Waals surface area contributed by atoms with Crippen LogP contribution in [0.4, 0.5) is 5.69 Å². The third-order valence-electron chi connectivity index (χ3n) is 5.62. The van der Waals surface area contributed by atoms with Gasteiger partial charge in [-0.1, -0.05) is 37.6 Å². The lowest BCUT2D eigenvalue weighted by Crippen LogP contribution is -2.46. The number of β-amino-alcohol motifs (C(OH)–C–C–N with tert-alkyl or cyclic N) is 1. The van der Waals surface area contributed by atoms with Crippen molar-refractivity contribution >= 4 is 17.3 Å². The van der Waals surface area contributed by atoms with Crippen LogP contribution in [0.2, 0.25) is 5.02 Å². The van der Waals surface area contributed by atoms with E-state index in [9.17, 15) is 5.11 Å². The molecule has 1 heterocycles. The number of ether oxygens (including phenoxy) is 1. The minimum Gasteiger partial charge on any atom is -0.491 e. The Balaban J connectivity index is 0.00000145. The molecule has 2 N–H and O–H groups in total. The highest BCUT2D eigenvalue weighted by Crippen LogP contribution is 2.42. The SMILES string of the molecule is CC.CNc1ccc(OCC(O)CN2CCC(c3cccc(Cl)c3)C2(C)C)cc1. The molecular weight excluding hydrogens is 384 g/mol. The molecular formula is C24H35ClN2O2. The molecule has 2 aromatic carbocycles. The molecule has 0 amide bonds. The predicted molar refractivity (Wildman–Crippen MR) is 123 cm³/mol. The summed E-state index contributed by atoms with van der Waals surface area (Å²) < 4.78 is 5.75. The van der Waals surface area contributed by atoms with Crippen molar-refractivity contribution in [3.05, 3.63) is 59.1 Å². The number of rotatable bonds is 7. The van der Waals surface area contributed by atoms with E-state index in [0.717, 1.165) is 29.4 Å². The number of hydrogen-bond donors (Lipinski definition) is 2. The molecule has 0 spiro atoms. The molecule has 0 radical (unpaired) electrons. The van der Waals surface area contributed by atoms with Gasteiger partial charge >= 0.3 is 0 Å². The molecule has 1 aliphatic heterocycles. The Kier molecular flexibility index (Phi) is 8.81. The summed E-state index contributed by atoms with van der Waals surface area (Å²) in [5, 5.41) is 14.4. The molecule has 2 atom stereocenters. The van der Waals surface area contributed by atoms with E-state index in [-0.39, 0.29) is 12.1 Å². The second-order valence-electron chi connectivity index (χ2n) is 7.74. The van der Waals surface area contributed by atoms with Crippen LogP contribution in [0, 0.1) is 0 Å². The van der Waals surface area contributed by atoms with Crippen molar-refractivity contribution in [1.82, 2.24) is 4.90 Å². The summed E-state index contributed by atoms with van der Waals surface area (Å²) in [6, 6.07) is 15.9. The smallest absolute Gasteiger partial charge is 0.119 e. The average Bonchev–Trinajstić information content (AvgIpc) is 3.02. The summed E-state index contributed by atoms with van der Waals surface area (Å²) in [4.78, 5) is 2.36. The molecule has 2 aromatic rings. The lowest BCUT2D eigenvalue weighted by atomic mass is 9.82. The number of nitrogens with zero attached hydrogens (tertiary/aromatic N) is 1. The minimum absolute atomic E-state index is 0.0416. The van der Waals surface area contributed by atoms with Crippen LogP contribution in [-0.4, -0.2) is 48.4 Å². The summed E-state index contributed by atoms with van der Waals surface area (Å²) in [6.45, 7) is 10.3. The molecule has 1 saturated heterocycles. The third kappa shape index (κ3) is 6.11. The first kappa shape index (κ1) is 23.5. The van der Waals surface area contributed by atoms with Crippen LogP contribution in [0.3, 0.4) is 0 Å². The topological polar surface area (TPSA) is 44.7 Å². The van der Waals surface area contributed by atoms with Gasteiger partial charge < -0.3 is 15.2 Å². The van der Waals surface area contributed by atoms with Gasteiger partial charge in [0.1, 0.15) is 18.5 Å². The van der Waals surface area contributed by atoms with Gasteiger partial charge in [-0.25, -0.2) is 0 Å². The fourth-order valence-corrected chi connectivity index (χ4v) is 4.19. The van der Waals surface area contributed by atoms with E-state index in [2.05, 4.69) is 36.2 Å². The summed E-state index contributed by atoms with van der Waals surface area (Å²) in [7, 11) is 1.88. The first-order chi connectivity index (χ1) is 13.9. The summed E-state index contributed by atoms with van der Waals surface area (Å²) >= 11 is 6.18. The molecule has 29 heavy (non-hydrogen) atoms. The number of anilines is 1. The van der Waals surface area contributed by atoms with E-state index in [0.29, 0.717) is 12.5 Å². The molecule has 4 nitrogen and oxygen atoms in total. The number of benzene rings is 2. The summed E-state index contributed by atoms with van der Waals surface area (Å²) in [5.41, 5.74) is 2.26. The zero-order chi connectivity index (χ0) is 21.4. The minimum atomic E-state index is -0.536. The Labute approximate surface area is 180 Å². The van der Waals surface area contributed by atoms with Gasteiger partial charge in [-0.05, 0) is 68.8 Å². The molecule has 0 bridgehead atoms. The Morgan fingerprint density at radius 1 is 1.21 bits per heavy atom. The van der Waals surface area contributed by atoms with Crippen LogP contribution in [-0.2, 0) is 0 Å². The number of aliphatic hydroxyl groups excluding tert-OH is 1. The summed E-state index contributed by atoms with van der Waals surface area (Å²) in [5.74, 6) is 1.17. The molecule has 0 aromatic heterocycles. The van der Waals surface area contributed by atoms with Gasteiger partial charge in [0.25, 0.3) is 0 Å². The second-order valence-corrected chi connectivity index (χ2v) is 8.17. The van der Waals surface area contributed by atoms with Crippen molar-refractivity contribution in [2.75, 3.05) is 32.1 Å². The maximum Gasteiger partial charge on any atom is 0.119 e. The first-order valence-corrected chi connectivity index (χ1v) is 10.9. The van der Waals surface area contributed by atoms with Gasteiger partial charge in [-0.15, -0.1) is 0 Å². The monoisotopic (exact) mass is 418 g/mol. The van der Waals surface area contributed by atoms with Crippen LogP contribution in [0.15, 0.2) is 48.5 Å². The Morgan fingerprint density at radius 3 is 2.52 bits per heavy atom. The van der Waals surface area contributed by atoms with Crippen molar-refractivity contribution in [3.63, 3.8) is 0 Å². The lowest BCUT2D eigenvalue weighted by molar-refractivity contribution is 0.0434. The largest absolute Gasteiger partial charge is 0.491 e. The van der Waals surface area contributed by atoms with Crippen LogP contribution >= 0.6 is 11.6 Å². The van der Waals surface area contributed by atoms with E-state index in [1.165, 1.54) is 5.56 Å². The van der Waals surface area contributed by atoms with Crippen molar-refractivity contribution < 1.29 is 9.84 Å². The van der Waals surface area contributed by atoms with Gasteiger partial charge in [0.15, 0.2) is 0 Å². The highest BCUT2D eigenvalue weighted by Gasteiger charge is 2.42. The molecule has 3 rings (SSSR count). The highest BCUT2D eigenvalue weighted by atomic mass is 35.5. The third-order valence-corrected chi connectivity index (χ3v) is 5.86.